The van der Waals surface area contributed by atoms with E-state index in [2.05, 4.69) is 9.88 Å². The van der Waals surface area contributed by atoms with Crippen molar-refractivity contribution in [2.75, 3.05) is 45.8 Å². The third kappa shape index (κ3) is 3.33. The maximum atomic E-state index is 13.2. The van der Waals surface area contributed by atoms with Crippen molar-refractivity contribution >= 4 is 17.8 Å². The van der Waals surface area contributed by atoms with Gasteiger partial charge < -0.3 is 24.0 Å². The van der Waals surface area contributed by atoms with Crippen LogP contribution in [0.3, 0.4) is 0 Å². The minimum Gasteiger partial charge on any atom is -0.438 e. The van der Waals surface area contributed by atoms with E-state index in [1.165, 1.54) is 6.39 Å². The number of hydrogen-bond donors (Lipinski definition) is 0. The van der Waals surface area contributed by atoms with Gasteiger partial charge in [0, 0.05) is 58.3 Å². The van der Waals surface area contributed by atoms with Crippen LogP contribution in [-0.4, -0.2) is 94.3 Å². The molecule has 2 bridgehead atoms. The van der Waals surface area contributed by atoms with Gasteiger partial charge in [0.15, 0.2) is 6.39 Å². The first-order valence-corrected chi connectivity index (χ1v) is 11.0. The molecule has 5 heterocycles. The summed E-state index contributed by atoms with van der Waals surface area (Å²) in [4.78, 5) is 49.8. The lowest BCUT2D eigenvalue weighted by molar-refractivity contribution is -0.144. The number of oxazole rings is 1. The highest BCUT2D eigenvalue weighted by Crippen LogP contribution is 2.38. The topological polar surface area (TPSA) is 90.2 Å². The summed E-state index contributed by atoms with van der Waals surface area (Å²) in [7, 11) is 0. The van der Waals surface area contributed by atoms with E-state index in [0.29, 0.717) is 62.1 Å². The molecule has 0 aromatic carbocycles. The van der Waals surface area contributed by atoms with Crippen molar-refractivity contribution in [3.63, 3.8) is 0 Å². The molecule has 0 aliphatic carbocycles. The summed E-state index contributed by atoms with van der Waals surface area (Å²) in [6, 6.07) is 0.376. The highest BCUT2D eigenvalue weighted by molar-refractivity contribution is 5.92. The van der Waals surface area contributed by atoms with E-state index >= 15 is 0 Å². The van der Waals surface area contributed by atoms with Crippen LogP contribution in [0.2, 0.25) is 0 Å². The lowest BCUT2D eigenvalue weighted by Gasteiger charge is -2.53. The number of aryl methyl sites for hydroxylation is 1. The normalized spacial score (nSPS) is 29.1. The van der Waals surface area contributed by atoms with Crippen LogP contribution in [0.25, 0.3) is 0 Å². The van der Waals surface area contributed by atoms with Gasteiger partial charge in [-0.05, 0) is 38.0 Å². The summed E-state index contributed by atoms with van der Waals surface area (Å²) in [6.07, 6.45) is 5.12. The fourth-order valence-corrected chi connectivity index (χ4v) is 5.72. The number of fused-ring (bicyclic) bond motifs is 4. The Hall–Kier alpha value is -2.58. The number of amides is 4. The number of likely N-dealkylation sites (tertiary alicyclic amines) is 1. The van der Waals surface area contributed by atoms with Gasteiger partial charge in [0.2, 0.25) is 11.7 Å². The van der Waals surface area contributed by atoms with Crippen molar-refractivity contribution < 1.29 is 18.8 Å². The second-order valence-electron chi connectivity index (χ2n) is 9.10. The second-order valence-corrected chi connectivity index (χ2v) is 9.10. The fourth-order valence-electron chi connectivity index (χ4n) is 5.72. The van der Waals surface area contributed by atoms with Gasteiger partial charge in [-0.2, -0.15) is 0 Å². The molecule has 0 N–H and O–H groups in total. The second kappa shape index (κ2) is 7.59. The Morgan fingerprint density at radius 3 is 2.57 bits per heavy atom. The zero-order valence-corrected chi connectivity index (χ0v) is 17.5. The number of carbonyl (C=O) groups excluding carboxylic acids is 3. The van der Waals surface area contributed by atoms with Crippen LogP contribution < -0.4 is 0 Å². The van der Waals surface area contributed by atoms with E-state index in [9.17, 15) is 14.4 Å². The van der Waals surface area contributed by atoms with Crippen LogP contribution in [0, 0.1) is 18.8 Å². The van der Waals surface area contributed by atoms with Crippen LogP contribution in [0.15, 0.2) is 10.8 Å². The first-order valence-electron chi connectivity index (χ1n) is 11.0. The van der Waals surface area contributed by atoms with Gasteiger partial charge in [0.05, 0.1) is 5.69 Å². The summed E-state index contributed by atoms with van der Waals surface area (Å²) in [5.41, 5.74) is 0.591. The molecule has 0 saturated carbocycles. The molecule has 0 spiro atoms. The van der Waals surface area contributed by atoms with E-state index in [1.54, 1.807) is 11.8 Å². The number of rotatable bonds is 1. The third-order valence-corrected chi connectivity index (χ3v) is 7.23. The lowest BCUT2D eigenvalue weighted by Crippen LogP contribution is -2.63. The van der Waals surface area contributed by atoms with E-state index in [1.807, 2.05) is 9.80 Å². The maximum absolute atomic E-state index is 13.2. The molecular formula is C21H29N5O4. The molecule has 9 nitrogen and oxygen atoms in total. The Morgan fingerprint density at radius 2 is 1.83 bits per heavy atom. The molecule has 0 unspecified atom stereocenters. The predicted octanol–water partition coefficient (Wildman–Crippen LogP) is 1.19. The smallest absolute Gasteiger partial charge is 0.320 e. The Bertz CT molecular complexity index is 846. The van der Waals surface area contributed by atoms with Crippen molar-refractivity contribution in [1.29, 1.82) is 0 Å². The maximum Gasteiger partial charge on any atom is 0.320 e. The van der Waals surface area contributed by atoms with E-state index in [-0.39, 0.29) is 17.7 Å². The molecule has 0 radical (unpaired) electrons. The average molecular weight is 415 g/mol. The Kier molecular flexibility index (Phi) is 4.91. The molecule has 1 aromatic rings. The van der Waals surface area contributed by atoms with Crippen molar-refractivity contribution in [3.05, 3.63) is 17.8 Å². The Morgan fingerprint density at radius 1 is 1.07 bits per heavy atom. The lowest BCUT2D eigenvalue weighted by atomic mass is 9.76. The predicted molar refractivity (Wildman–Crippen MR) is 107 cm³/mol. The largest absolute Gasteiger partial charge is 0.438 e. The monoisotopic (exact) mass is 415 g/mol. The minimum atomic E-state index is -0.160. The molecular weight excluding hydrogens is 386 g/mol. The standard InChI is InChI=1S/C21H29N5O4/c1-14-19(30-13-22-14)20(28)23-5-7-24(8-6-23)21(29)25-10-15-9-16(12-25)17-3-2-4-18(27)26(17)11-15/h13,15-17H,2-12H2,1H3/t15-,16-,17-/m1/s1. The van der Waals surface area contributed by atoms with Gasteiger partial charge in [-0.15, -0.1) is 0 Å². The first kappa shape index (κ1) is 19.4. The summed E-state index contributed by atoms with van der Waals surface area (Å²) in [6.45, 7) is 6.05. The van der Waals surface area contributed by atoms with Crippen LogP contribution in [0.4, 0.5) is 4.79 Å². The summed E-state index contributed by atoms with van der Waals surface area (Å²) < 4.78 is 5.22. The quantitative estimate of drug-likeness (QED) is 0.687. The minimum absolute atomic E-state index is 0.0724. The molecule has 4 aliphatic heterocycles. The molecule has 4 saturated heterocycles. The van der Waals surface area contributed by atoms with E-state index in [4.69, 9.17) is 4.42 Å². The molecule has 4 amide bonds. The van der Waals surface area contributed by atoms with Gasteiger partial charge in [-0.3, -0.25) is 9.59 Å². The SMILES string of the molecule is Cc1ncoc1C(=O)N1CCN(C(=O)N2C[C@H]3C[C@H](C2)[C@H]2CCCC(=O)N2C3)CC1. The summed E-state index contributed by atoms with van der Waals surface area (Å²) in [5, 5.41) is 0. The molecule has 162 valence electrons. The van der Waals surface area contributed by atoms with Crippen molar-refractivity contribution in [1.82, 2.24) is 24.6 Å². The van der Waals surface area contributed by atoms with Crippen LogP contribution in [0.1, 0.15) is 41.9 Å². The van der Waals surface area contributed by atoms with Gasteiger partial charge >= 0.3 is 6.03 Å². The average Bonchev–Trinajstić information content (AvgIpc) is 3.19. The van der Waals surface area contributed by atoms with Gasteiger partial charge in [-0.25, -0.2) is 9.78 Å². The van der Waals surface area contributed by atoms with Gasteiger partial charge in [0.1, 0.15) is 0 Å². The number of urea groups is 1. The van der Waals surface area contributed by atoms with Crippen molar-refractivity contribution in [2.24, 2.45) is 11.8 Å². The highest BCUT2D eigenvalue weighted by atomic mass is 16.3. The third-order valence-electron chi connectivity index (χ3n) is 7.23. The van der Waals surface area contributed by atoms with Crippen molar-refractivity contribution in [2.45, 2.75) is 38.6 Å². The number of piperidine rings is 3. The van der Waals surface area contributed by atoms with E-state index in [0.717, 1.165) is 38.9 Å². The number of piperazine rings is 1. The molecule has 1 aromatic heterocycles. The van der Waals surface area contributed by atoms with Crippen LogP contribution >= 0.6 is 0 Å². The zero-order chi connectivity index (χ0) is 20.8. The van der Waals surface area contributed by atoms with Crippen molar-refractivity contribution in [3.8, 4) is 0 Å². The molecule has 5 rings (SSSR count). The van der Waals surface area contributed by atoms with E-state index < -0.39 is 0 Å². The molecule has 9 heteroatoms. The number of nitrogens with zero attached hydrogens (tertiary/aromatic N) is 5. The van der Waals surface area contributed by atoms with Gasteiger partial charge in [-0.1, -0.05) is 0 Å². The highest BCUT2D eigenvalue weighted by Gasteiger charge is 2.45. The van der Waals surface area contributed by atoms with Crippen LogP contribution in [0.5, 0.6) is 0 Å². The number of aromatic nitrogens is 1. The van der Waals surface area contributed by atoms with Gasteiger partial charge in [0.25, 0.3) is 5.91 Å². The molecule has 3 atom stereocenters. The van der Waals surface area contributed by atoms with Crippen LogP contribution in [-0.2, 0) is 4.79 Å². The molecule has 4 aliphatic rings. The fraction of sp³-hybridized carbons (Fsp3) is 0.714. The number of hydrogen-bond acceptors (Lipinski definition) is 5. The Balaban J connectivity index is 1.19. The number of carbonyl (C=O) groups is 3. The summed E-state index contributed by atoms with van der Waals surface area (Å²) >= 11 is 0. The Labute approximate surface area is 176 Å². The zero-order valence-electron chi connectivity index (χ0n) is 17.5. The first-order chi connectivity index (χ1) is 14.5. The molecule has 4 fully saturated rings. The summed E-state index contributed by atoms with van der Waals surface area (Å²) in [5.74, 6) is 1.19. The molecule has 30 heavy (non-hydrogen) atoms.